The maximum Gasteiger partial charge on any atom is 0.413 e. The second-order valence-electron chi connectivity index (χ2n) is 3.23. The van der Waals surface area contributed by atoms with Gasteiger partial charge in [0.05, 0.1) is 13.7 Å². The van der Waals surface area contributed by atoms with E-state index in [1.807, 2.05) is 6.07 Å². The van der Waals surface area contributed by atoms with Crippen molar-refractivity contribution in [3.63, 3.8) is 0 Å². The third kappa shape index (κ3) is 4.96. The summed E-state index contributed by atoms with van der Waals surface area (Å²) in [6, 6.07) is 3.60. The Morgan fingerprint density at radius 3 is 3.00 bits per heavy atom. The molecule has 7 heteroatoms. The van der Waals surface area contributed by atoms with Gasteiger partial charge < -0.3 is 14.8 Å². The zero-order valence-corrected chi connectivity index (χ0v) is 11.0. The molecule has 0 spiro atoms. The van der Waals surface area contributed by atoms with E-state index in [0.29, 0.717) is 19.0 Å². The number of alkyl carbamates (subject to hydrolysis) is 1. The number of methoxy groups -OCH3 is 1. The number of nitrogens with one attached hydrogen (secondary N) is 2. The summed E-state index contributed by atoms with van der Waals surface area (Å²) >= 11 is 4.93. The molecule has 0 unspecified atom stereocenters. The van der Waals surface area contributed by atoms with Crippen molar-refractivity contribution in [1.29, 1.82) is 0 Å². The Hall–Kier alpha value is -1.89. The van der Waals surface area contributed by atoms with E-state index in [0.717, 1.165) is 5.56 Å². The minimum Gasteiger partial charge on any atom is -0.481 e. The number of nitrogens with zero attached hydrogens (tertiary/aromatic N) is 1. The van der Waals surface area contributed by atoms with Crippen LogP contribution in [0.25, 0.3) is 0 Å². The molecule has 1 heterocycles. The number of thiocarbonyl (C=S) groups is 1. The standard InChI is InChI=1S/C11H15N3O3S/c1-3-17-11(15)14-10(18)13-7-8-4-5-12-9(6-8)16-2/h4-6H,3,7H2,1-2H3,(H2,13,14,15,18). The molecule has 0 atom stereocenters. The lowest BCUT2D eigenvalue weighted by molar-refractivity contribution is 0.157. The molecule has 0 aliphatic carbocycles. The molecular weight excluding hydrogens is 254 g/mol. The zero-order valence-electron chi connectivity index (χ0n) is 10.2. The topological polar surface area (TPSA) is 72.5 Å². The molecule has 2 N–H and O–H groups in total. The second-order valence-corrected chi connectivity index (χ2v) is 3.64. The zero-order chi connectivity index (χ0) is 13.4. The molecule has 0 fully saturated rings. The lowest BCUT2D eigenvalue weighted by Crippen LogP contribution is -2.39. The molecule has 0 aliphatic heterocycles. The molecule has 1 amide bonds. The van der Waals surface area contributed by atoms with Gasteiger partial charge in [-0.05, 0) is 30.8 Å². The highest BCUT2D eigenvalue weighted by molar-refractivity contribution is 7.80. The molecule has 0 aliphatic rings. The summed E-state index contributed by atoms with van der Waals surface area (Å²) < 4.78 is 9.69. The van der Waals surface area contributed by atoms with Crippen molar-refractivity contribution in [2.24, 2.45) is 0 Å². The first-order valence-corrected chi connectivity index (χ1v) is 5.77. The van der Waals surface area contributed by atoms with Crippen molar-refractivity contribution in [2.45, 2.75) is 13.5 Å². The molecule has 0 aromatic carbocycles. The Balaban J connectivity index is 2.40. The number of amides is 1. The van der Waals surface area contributed by atoms with Crippen molar-refractivity contribution in [3.8, 4) is 5.88 Å². The van der Waals surface area contributed by atoms with Crippen LogP contribution >= 0.6 is 12.2 Å². The summed E-state index contributed by atoms with van der Waals surface area (Å²) in [4.78, 5) is 15.1. The van der Waals surface area contributed by atoms with E-state index >= 15 is 0 Å². The normalized spacial score (nSPS) is 9.44. The third-order valence-electron chi connectivity index (χ3n) is 1.95. The van der Waals surface area contributed by atoms with Gasteiger partial charge in [0.2, 0.25) is 5.88 Å². The van der Waals surface area contributed by atoms with Crippen LogP contribution in [0.4, 0.5) is 4.79 Å². The van der Waals surface area contributed by atoms with Gasteiger partial charge in [-0.1, -0.05) is 0 Å². The predicted molar refractivity (Wildman–Crippen MR) is 70.4 cm³/mol. The van der Waals surface area contributed by atoms with Crippen LogP contribution in [0.2, 0.25) is 0 Å². The number of ether oxygens (including phenoxy) is 2. The van der Waals surface area contributed by atoms with Crippen LogP contribution in [0.3, 0.4) is 0 Å². The summed E-state index contributed by atoms with van der Waals surface area (Å²) in [5.41, 5.74) is 0.940. The fourth-order valence-corrected chi connectivity index (χ4v) is 1.31. The van der Waals surface area contributed by atoms with E-state index in [1.165, 1.54) is 0 Å². The molecule has 0 radical (unpaired) electrons. The highest BCUT2D eigenvalue weighted by atomic mass is 32.1. The quantitative estimate of drug-likeness (QED) is 0.801. The lowest BCUT2D eigenvalue weighted by Gasteiger charge is -2.09. The molecular formula is C11H15N3O3S. The molecule has 18 heavy (non-hydrogen) atoms. The predicted octanol–water partition coefficient (Wildman–Crippen LogP) is 1.21. The van der Waals surface area contributed by atoms with Gasteiger partial charge in [-0.2, -0.15) is 0 Å². The molecule has 98 valence electrons. The third-order valence-corrected chi connectivity index (χ3v) is 2.20. The summed E-state index contributed by atoms with van der Waals surface area (Å²) in [5, 5.41) is 5.48. The minimum absolute atomic E-state index is 0.212. The lowest BCUT2D eigenvalue weighted by atomic mass is 10.2. The van der Waals surface area contributed by atoms with E-state index in [2.05, 4.69) is 15.6 Å². The van der Waals surface area contributed by atoms with Gasteiger partial charge in [-0.25, -0.2) is 9.78 Å². The first-order chi connectivity index (χ1) is 8.65. The Morgan fingerprint density at radius 1 is 1.56 bits per heavy atom. The SMILES string of the molecule is CCOC(=O)NC(=S)NCc1ccnc(OC)c1. The van der Waals surface area contributed by atoms with Gasteiger partial charge in [-0.15, -0.1) is 0 Å². The number of rotatable bonds is 4. The van der Waals surface area contributed by atoms with Crippen LogP contribution in [-0.4, -0.2) is 29.9 Å². The summed E-state index contributed by atoms with van der Waals surface area (Å²) in [6.45, 7) is 2.49. The van der Waals surface area contributed by atoms with Gasteiger partial charge in [0.1, 0.15) is 0 Å². The number of carbonyl (C=O) groups is 1. The first kappa shape index (κ1) is 14.2. The molecule has 1 rings (SSSR count). The van der Waals surface area contributed by atoms with Gasteiger partial charge in [0, 0.05) is 18.8 Å². The van der Waals surface area contributed by atoms with Crippen molar-refractivity contribution in [2.75, 3.05) is 13.7 Å². The number of hydrogen-bond donors (Lipinski definition) is 2. The van der Waals surface area contributed by atoms with Crippen LogP contribution in [-0.2, 0) is 11.3 Å². The summed E-state index contributed by atoms with van der Waals surface area (Å²) in [5.74, 6) is 0.526. The van der Waals surface area contributed by atoms with E-state index in [-0.39, 0.29) is 5.11 Å². The average molecular weight is 269 g/mol. The Morgan fingerprint density at radius 2 is 2.33 bits per heavy atom. The Bertz CT molecular complexity index is 426. The van der Waals surface area contributed by atoms with Crippen LogP contribution in [0.1, 0.15) is 12.5 Å². The fraction of sp³-hybridized carbons (Fsp3) is 0.364. The summed E-state index contributed by atoms with van der Waals surface area (Å²) in [6.07, 6.45) is 1.07. The average Bonchev–Trinajstić information content (AvgIpc) is 2.37. The second kappa shape index (κ2) is 7.44. The highest BCUT2D eigenvalue weighted by Crippen LogP contribution is 2.07. The Labute approximate surface area is 111 Å². The molecule has 0 saturated carbocycles. The minimum atomic E-state index is -0.567. The molecule has 1 aromatic rings. The number of pyridine rings is 1. The van der Waals surface area contributed by atoms with E-state index in [9.17, 15) is 4.79 Å². The van der Waals surface area contributed by atoms with Gasteiger partial charge in [-0.3, -0.25) is 5.32 Å². The van der Waals surface area contributed by atoms with Gasteiger partial charge in [0.15, 0.2) is 5.11 Å². The smallest absolute Gasteiger partial charge is 0.413 e. The van der Waals surface area contributed by atoms with Crippen molar-refractivity contribution in [1.82, 2.24) is 15.6 Å². The van der Waals surface area contributed by atoms with Gasteiger partial charge in [0.25, 0.3) is 0 Å². The largest absolute Gasteiger partial charge is 0.481 e. The highest BCUT2D eigenvalue weighted by Gasteiger charge is 2.04. The molecule has 0 saturated heterocycles. The van der Waals surface area contributed by atoms with E-state index in [4.69, 9.17) is 21.7 Å². The number of carbonyl (C=O) groups excluding carboxylic acids is 1. The van der Waals surface area contributed by atoms with E-state index in [1.54, 1.807) is 26.3 Å². The maximum absolute atomic E-state index is 11.1. The van der Waals surface area contributed by atoms with Gasteiger partial charge >= 0.3 is 6.09 Å². The first-order valence-electron chi connectivity index (χ1n) is 5.36. The van der Waals surface area contributed by atoms with Crippen LogP contribution < -0.4 is 15.4 Å². The molecule has 1 aromatic heterocycles. The van der Waals surface area contributed by atoms with Crippen molar-refractivity contribution in [3.05, 3.63) is 23.9 Å². The van der Waals surface area contributed by atoms with E-state index < -0.39 is 6.09 Å². The molecule has 0 bridgehead atoms. The maximum atomic E-state index is 11.1. The van der Waals surface area contributed by atoms with Crippen LogP contribution in [0.15, 0.2) is 18.3 Å². The number of aromatic nitrogens is 1. The molecule has 6 nitrogen and oxygen atoms in total. The fourth-order valence-electron chi connectivity index (χ4n) is 1.16. The van der Waals surface area contributed by atoms with Crippen molar-refractivity contribution < 1.29 is 14.3 Å². The summed E-state index contributed by atoms with van der Waals surface area (Å²) in [7, 11) is 1.55. The number of hydrogen-bond acceptors (Lipinski definition) is 5. The van der Waals surface area contributed by atoms with Crippen LogP contribution in [0, 0.1) is 0 Å². The monoisotopic (exact) mass is 269 g/mol. The van der Waals surface area contributed by atoms with Crippen LogP contribution in [0.5, 0.6) is 5.88 Å². The van der Waals surface area contributed by atoms with Crippen molar-refractivity contribution >= 4 is 23.4 Å². The Kier molecular flexibility index (Phi) is 5.86.